The molecule has 0 aliphatic carbocycles. The number of hydrogen-bond donors (Lipinski definition) is 2. The minimum atomic E-state index is 0.315. The molecule has 1 saturated heterocycles. The highest BCUT2D eigenvalue weighted by Crippen LogP contribution is 2.36. The molecule has 2 rings (SSSR count). The Morgan fingerprint density at radius 3 is 2.87 bits per heavy atom. The standard InChI is InChI=1S/C12H16BrNO/c1-8-5-6-9(12(15)11(8)13)10-4-2-3-7-14-10/h5-6,10,14-15H,2-4,7H2,1H3. The molecule has 1 atom stereocenters. The van der Waals surface area contributed by atoms with E-state index in [9.17, 15) is 5.11 Å². The summed E-state index contributed by atoms with van der Waals surface area (Å²) in [4.78, 5) is 0. The van der Waals surface area contributed by atoms with Gasteiger partial charge in [-0.05, 0) is 47.8 Å². The first-order valence-corrected chi connectivity index (χ1v) is 6.21. The Bertz CT molecular complexity index is 359. The summed E-state index contributed by atoms with van der Waals surface area (Å²) in [6.07, 6.45) is 3.59. The maximum atomic E-state index is 10.0. The summed E-state index contributed by atoms with van der Waals surface area (Å²) >= 11 is 3.42. The van der Waals surface area contributed by atoms with Crippen LogP contribution in [-0.2, 0) is 0 Å². The van der Waals surface area contributed by atoms with Crippen molar-refractivity contribution in [2.24, 2.45) is 0 Å². The summed E-state index contributed by atoms with van der Waals surface area (Å²) in [5, 5.41) is 13.5. The fourth-order valence-electron chi connectivity index (χ4n) is 2.08. The van der Waals surface area contributed by atoms with Crippen molar-refractivity contribution in [2.45, 2.75) is 32.2 Å². The maximum absolute atomic E-state index is 10.0. The lowest BCUT2D eigenvalue weighted by Gasteiger charge is -2.25. The first-order valence-electron chi connectivity index (χ1n) is 5.41. The number of benzene rings is 1. The average Bonchev–Trinajstić information content (AvgIpc) is 2.27. The van der Waals surface area contributed by atoms with Gasteiger partial charge in [0.05, 0.1) is 4.47 Å². The number of phenols is 1. The zero-order chi connectivity index (χ0) is 10.8. The van der Waals surface area contributed by atoms with Crippen LogP contribution in [-0.4, -0.2) is 11.7 Å². The van der Waals surface area contributed by atoms with Crippen LogP contribution >= 0.6 is 15.9 Å². The Kier molecular flexibility index (Phi) is 3.32. The summed E-state index contributed by atoms with van der Waals surface area (Å²) in [5.74, 6) is 0.398. The number of aromatic hydroxyl groups is 1. The van der Waals surface area contributed by atoms with E-state index in [1.807, 2.05) is 13.0 Å². The molecule has 1 aromatic carbocycles. The van der Waals surface area contributed by atoms with Gasteiger partial charge in [-0.1, -0.05) is 18.6 Å². The van der Waals surface area contributed by atoms with Crippen molar-refractivity contribution >= 4 is 15.9 Å². The normalized spacial score (nSPS) is 21.6. The summed E-state index contributed by atoms with van der Waals surface area (Å²) in [6.45, 7) is 3.04. The molecule has 0 saturated carbocycles. The van der Waals surface area contributed by atoms with Gasteiger partial charge in [0.2, 0.25) is 0 Å². The van der Waals surface area contributed by atoms with Crippen molar-refractivity contribution in [3.63, 3.8) is 0 Å². The molecule has 2 N–H and O–H groups in total. The first-order chi connectivity index (χ1) is 7.20. The van der Waals surface area contributed by atoms with E-state index in [1.165, 1.54) is 12.8 Å². The number of aryl methyl sites for hydroxylation is 1. The number of hydrogen-bond acceptors (Lipinski definition) is 2. The average molecular weight is 270 g/mol. The lowest BCUT2D eigenvalue weighted by atomic mass is 9.96. The molecule has 2 nitrogen and oxygen atoms in total. The highest BCUT2D eigenvalue weighted by molar-refractivity contribution is 9.10. The van der Waals surface area contributed by atoms with Crippen LogP contribution in [0.5, 0.6) is 5.75 Å². The fourth-order valence-corrected chi connectivity index (χ4v) is 2.44. The van der Waals surface area contributed by atoms with Gasteiger partial charge in [0, 0.05) is 11.6 Å². The molecule has 0 amide bonds. The van der Waals surface area contributed by atoms with Crippen molar-refractivity contribution in [2.75, 3.05) is 6.54 Å². The number of halogens is 1. The van der Waals surface area contributed by atoms with Gasteiger partial charge in [-0.2, -0.15) is 0 Å². The van der Waals surface area contributed by atoms with E-state index in [0.29, 0.717) is 11.8 Å². The third kappa shape index (κ3) is 2.18. The highest BCUT2D eigenvalue weighted by Gasteiger charge is 2.19. The largest absolute Gasteiger partial charge is 0.506 e. The molecule has 3 heteroatoms. The Hall–Kier alpha value is -0.540. The second-order valence-electron chi connectivity index (χ2n) is 4.14. The van der Waals surface area contributed by atoms with E-state index in [-0.39, 0.29) is 0 Å². The van der Waals surface area contributed by atoms with Crippen LogP contribution in [0.25, 0.3) is 0 Å². The van der Waals surface area contributed by atoms with Crippen LogP contribution in [0.2, 0.25) is 0 Å². The van der Waals surface area contributed by atoms with Gasteiger partial charge in [0.1, 0.15) is 5.75 Å². The quantitative estimate of drug-likeness (QED) is 0.820. The number of rotatable bonds is 1. The molecule has 1 fully saturated rings. The SMILES string of the molecule is Cc1ccc(C2CCCCN2)c(O)c1Br. The van der Waals surface area contributed by atoms with E-state index < -0.39 is 0 Å². The van der Waals surface area contributed by atoms with E-state index >= 15 is 0 Å². The molecule has 82 valence electrons. The fraction of sp³-hybridized carbons (Fsp3) is 0.500. The van der Waals surface area contributed by atoms with Crippen molar-refractivity contribution in [1.82, 2.24) is 5.32 Å². The van der Waals surface area contributed by atoms with Crippen molar-refractivity contribution < 1.29 is 5.11 Å². The molecular formula is C12H16BrNO. The van der Waals surface area contributed by atoms with Crippen molar-refractivity contribution in [3.05, 3.63) is 27.7 Å². The molecule has 0 radical (unpaired) electrons. The van der Waals surface area contributed by atoms with Crippen LogP contribution in [0.15, 0.2) is 16.6 Å². The van der Waals surface area contributed by atoms with Crippen LogP contribution < -0.4 is 5.32 Å². The molecular weight excluding hydrogens is 254 g/mol. The molecule has 1 unspecified atom stereocenters. The lowest BCUT2D eigenvalue weighted by molar-refractivity contribution is 0.389. The topological polar surface area (TPSA) is 32.3 Å². The second kappa shape index (κ2) is 4.54. The third-order valence-electron chi connectivity index (χ3n) is 3.03. The van der Waals surface area contributed by atoms with Crippen LogP contribution in [0, 0.1) is 6.92 Å². The summed E-state index contributed by atoms with van der Waals surface area (Å²) < 4.78 is 0.826. The predicted molar refractivity (Wildman–Crippen MR) is 65.1 cm³/mol. The molecule has 0 spiro atoms. The Morgan fingerprint density at radius 1 is 1.40 bits per heavy atom. The summed E-state index contributed by atoms with van der Waals surface area (Å²) in [6, 6.07) is 4.39. The Morgan fingerprint density at radius 2 is 2.20 bits per heavy atom. The van der Waals surface area contributed by atoms with Crippen LogP contribution in [0.4, 0.5) is 0 Å². The molecule has 1 aliphatic heterocycles. The van der Waals surface area contributed by atoms with Gasteiger partial charge in [-0.3, -0.25) is 0 Å². The van der Waals surface area contributed by atoms with E-state index in [1.54, 1.807) is 0 Å². The minimum Gasteiger partial charge on any atom is -0.506 e. The van der Waals surface area contributed by atoms with Crippen LogP contribution in [0.1, 0.15) is 36.4 Å². The van der Waals surface area contributed by atoms with Gasteiger partial charge in [0.15, 0.2) is 0 Å². The Labute approximate surface area is 98.8 Å². The van der Waals surface area contributed by atoms with Crippen molar-refractivity contribution in [3.8, 4) is 5.75 Å². The summed E-state index contributed by atoms with van der Waals surface area (Å²) in [7, 11) is 0. The number of piperidine rings is 1. The molecule has 0 bridgehead atoms. The van der Waals surface area contributed by atoms with Gasteiger partial charge < -0.3 is 10.4 Å². The zero-order valence-corrected chi connectivity index (χ0v) is 10.5. The van der Waals surface area contributed by atoms with Gasteiger partial charge >= 0.3 is 0 Å². The van der Waals surface area contributed by atoms with Crippen molar-refractivity contribution in [1.29, 1.82) is 0 Å². The van der Waals surface area contributed by atoms with E-state index in [2.05, 4.69) is 27.3 Å². The lowest BCUT2D eigenvalue weighted by Crippen LogP contribution is -2.26. The third-order valence-corrected chi connectivity index (χ3v) is 4.03. The Balaban J connectivity index is 2.31. The maximum Gasteiger partial charge on any atom is 0.134 e. The smallest absolute Gasteiger partial charge is 0.134 e. The second-order valence-corrected chi connectivity index (χ2v) is 4.93. The number of nitrogens with one attached hydrogen (secondary N) is 1. The van der Waals surface area contributed by atoms with Gasteiger partial charge in [-0.15, -0.1) is 0 Å². The summed E-state index contributed by atoms with van der Waals surface area (Å²) in [5.41, 5.74) is 2.10. The van der Waals surface area contributed by atoms with Gasteiger partial charge in [-0.25, -0.2) is 0 Å². The molecule has 0 aromatic heterocycles. The zero-order valence-electron chi connectivity index (χ0n) is 8.89. The molecule has 1 aromatic rings. The van der Waals surface area contributed by atoms with E-state index in [4.69, 9.17) is 0 Å². The minimum absolute atomic E-state index is 0.315. The van der Waals surface area contributed by atoms with E-state index in [0.717, 1.165) is 28.6 Å². The molecule has 1 heterocycles. The first kappa shape index (κ1) is 11.0. The monoisotopic (exact) mass is 269 g/mol. The predicted octanol–water partition coefficient (Wildman–Crippen LogP) is 3.28. The van der Waals surface area contributed by atoms with Gasteiger partial charge in [0.25, 0.3) is 0 Å². The number of phenolic OH excluding ortho intramolecular Hbond substituents is 1. The molecule has 1 aliphatic rings. The highest BCUT2D eigenvalue weighted by atomic mass is 79.9. The molecule has 15 heavy (non-hydrogen) atoms. The van der Waals surface area contributed by atoms with Crippen LogP contribution in [0.3, 0.4) is 0 Å².